The lowest BCUT2D eigenvalue weighted by atomic mass is 9.87. The van der Waals surface area contributed by atoms with Crippen LogP contribution in [0.3, 0.4) is 0 Å². The number of para-hydroxylation sites is 1. The Morgan fingerprint density at radius 3 is 2.67 bits per heavy atom. The zero-order valence-electron chi connectivity index (χ0n) is 16.7. The van der Waals surface area contributed by atoms with E-state index < -0.39 is 0 Å². The highest BCUT2D eigenvalue weighted by Gasteiger charge is 2.31. The molecule has 0 unspecified atom stereocenters. The molecule has 0 spiro atoms. The van der Waals surface area contributed by atoms with Crippen LogP contribution in [0.4, 0.5) is 15.8 Å². The van der Waals surface area contributed by atoms with E-state index in [4.69, 9.17) is 0 Å². The summed E-state index contributed by atoms with van der Waals surface area (Å²) >= 11 is 1.64. The first kappa shape index (κ1) is 19.7. The number of thioether (sulfide) groups is 1. The van der Waals surface area contributed by atoms with E-state index in [1.807, 2.05) is 36.6 Å². The number of halogens is 1. The van der Waals surface area contributed by atoms with Crippen molar-refractivity contribution >= 4 is 34.9 Å². The average Bonchev–Trinajstić information content (AvgIpc) is 2.63. The lowest BCUT2D eigenvalue weighted by Gasteiger charge is -2.43. The zero-order chi connectivity index (χ0) is 19.6. The molecule has 1 aliphatic heterocycles. The molecule has 27 heavy (non-hydrogen) atoms. The summed E-state index contributed by atoms with van der Waals surface area (Å²) in [6.45, 7) is 9.52. The molecule has 0 aliphatic carbocycles. The fourth-order valence-corrected chi connectivity index (χ4v) is 4.27. The maximum absolute atomic E-state index is 14.9. The Labute approximate surface area is 166 Å². The molecule has 1 heterocycles. The van der Waals surface area contributed by atoms with E-state index in [1.54, 1.807) is 24.0 Å². The first-order chi connectivity index (χ1) is 12.9. The predicted molar refractivity (Wildman–Crippen MR) is 117 cm³/mol. The first-order valence-electron chi connectivity index (χ1n) is 9.35. The Kier molecular flexibility index (Phi) is 5.75. The summed E-state index contributed by atoms with van der Waals surface area (Å²) in [5.74, 6) is -0.231. The highest BCUT2D eigenvalue weighted by Crippen LogP contribution is 2.40. The summed E-state index contributed by atoms with van der Waals surface area (Å²) in [6.07, 6.45) is 6.95. The molecule has 2 aromatic carbocycles. The van der Waals surface area contributed by atoms with Crippen molar-refractivity contribution in [2.24, 2.45) is 4.99 Å². The first-order valence-corrected chi connectivity index (χ1v) is 10.6. The Morgan fingerprint density at radius 1 is 1.22 bits per heavy atom. The third-order valence-corrected chi connectivity index (χ3v) is 5.76. The Hall–Kier alpha value is -2.07. The van der Waals surface area contributed by atoms with Crippen molar-refractivity contribution in [2.75, 3.05) is 17.7 Å². The molecule has 0 saturated carbocycles. The molecule has 4 heteroatoms. The molecule has 0 saturated heterocycles. The maximum atomic E-state index is 14.9. The number of rotatable bonds is 5. The van der Waals surface area contributed by atoms with Crippen molar-refractivity contribution in [3.63, 3.8) is 0 Å². The van der Waals surface area contributed by atoms with E-state index in [9.17, 15) is 4.39 Å². The van der Waals surface area contributed by atoms with Gasteiger partial charge >= 0.3 is 0 Å². The molecular formula is C23H27FN2S. The molecule has 3 rings (SSSR count). The van der Waals surface area contributed by atoms with Crippen molar-refractivity contribution in [3.8, 4) is 0 Å². The Morgan fingerprint density at radius 2 is 1.96 bits per heavy atom. The molecule has 0 N–H and O–H groups in total. The fourth-order valence-electron chi connectivity index (χ4n) is 3.72. The summed E-state index contributed by atoms with van der Waals surface area (Å²) < 4.78 is 14.9. The molecule has 0 atom stereocenters. The van der Waals surface area contributed by atoms with Gasteiger partial charge in [0.15, 0.2) is 0 Å². The van der Waals surface area contributed by atoms with Gasteiger partial charge in [0.05, 0.1) is 11.2 Å². The number of aliphatic imine (C=N–C) groups is 1. The molecule has 0 amide bonds. The second-order valence-corrected chi connectivity index (χ2v) is 8.30. The van der Waals surface area contributed by atoms with Crippen LogP contribution >= 0.6 is 11.8 Å². The van der Waals surface area contributed by atoms with Crippen LogP contribution in [0.25, 0.3) is 5.57 Å². The third kappa shape index (κ3) is 3.96. The maximum Gasteiger partial charge on any atom is 0.134 e. The predicted octanol–water partition coefficient (Wildman–Crippen LogP) is 6.71. The van der Waals surface area contributed by atoms with Gasteiger partial charge in [-0.1, -0.05) is 25.1 Å². The van der Waals surface area contributed by atoms with Gasteiger partial charge in [0.2, 0.25) is 0 Å². The molecule has 0 fully saturated rings. The fraction of sp³-hybridized carbons (Fsp3) is 0.348. The van der Waals surface area contributed by atoms with Gasteiger partial charge < -0.3 is 4.90 Å². The van der Waals surface area contributed by atoms with Gasteiger partial charge in [-0.25, -0.2) is 4.39 Å². The summed E-state index contributed by atoms with van der Waals surface area (Å²) in [6, 6.07) is 11.5. The minimum Gasteiger partial charge on any atom is -0.362 e. The van der Waals surface area contributed by atoms with E-state index in [2.05, 4.69) is 43.7 Å². The molecule has 2 aromatic rings. The van der Waals surface area contributed by atoms with Crippen LogP contribution in [0.1, 0.15) is 45.2 Å². The summed E-state index contributed by atoms with van der Waals surface area (Å²) in [5, 5.41) is 0. The minimum atomic E-state index is -0.231. The minimum absolute atomic E-state index is 0.119. The molecule has 2 nitrogen and oxygen atoms in total. The average molecular weight is 383 g/mol. The number of nitrogens with zero attached hydrogens (tertiary/aromatic N) is 2. The van der Waals surface area contributed by atoms with Crippen molar-refractivity contribution < 1.29 is 4.39 Å². The smallest absolute Gasteiger partial charge is 0.134 e. The monoisotopic (exact) mass is 382 g/mol. The molecule has 0 bridgehead atoms. The van der Waals surface area contributed by atoms with Crippen LogP contribution in [0.5, 0.6) is 0 Å². The van der Waals surface area contributed by atoms with Gasteiger partial charge in [0, 0.05) is 34.5 Å². The zero-order valence-corrected chi connectivity index (χ0v) is 17.5. The van der Waals surface area contributed by atoms with E-state index in [-0.39, 0.29) is 11.4 Å². The lowest BCUT2D eigenvalue weighted by Crippen LogP contribution is -2.45. The van der Waals surface area contributed by atoms with E-state index in [0.717, 1.165) is 34.8 Å². The summed E-state index contributed by atoms with van der Waals surface area (Å²) in [5.41, 5.74) is 4.51. The van der Waals surface area contributed by atoms with Crippen LogP contribution in [0.2, 0.25) is 0 Å². The summed E-state index contributed by atoms with van der Waals surface area (Å²) in [4.78, 5) is 7.92. The standard InChI is InChI=1S/C23H27FN2S/c1-6-11-26-21-13-19(24)17(12-18(21)16(2)14-23(26,3)4)15-25-20-9-7-8-10-22(20)27-5/h7-10,12-15H,6,11H2,1-5H3. The van der Waals surface area contributed by atoms with Crippen LogP contribution in [-0.4, -0.2) is 24.6 Å². The van der Waals surface area contributed by atoms with Crippen LogP contribution in [-0.2, 0) is 0 Å². The molecule has 142 valence electrons. The van der Waals surface area contributed by atoms with Gasteiger partial charge in [-0.3, -0.25) is 4.99 Å². The summed E-state index contributed by atoms with van der Waals surface area (Å²) in [7, 11) is 0. The number of fused-ring (bicyclic) bond motifs is 1. The number of benzene rings is 2. The van der Waals surface area contributed by atoms with Gasteiger partial charge in [0.25, 0.3) is 0 Å². The highest BCUT2D eigenvalue weighted by atomic mass is 32.2. The van der Waals surface area contributed by atoms with Crippen molar-refractivity contribution in [1.29, 1.82) is 0 Å². The van der Waals surface area contributed by atoms with E-state index in [1.165, 1.54) is 5.57 Å². The van der Waals surface area contributed by atoms with Crippen molar-refractivity contribution in [2.45, 2.75) is 44.6 Å². The van der Waals surface area contributed by atoms with Gasteiger partial charge in [-0.05, 0) is 63.3 Å². The van der Waals surface area contributed by atoms with Gasteiger partial charge in [-0.2, -0.15) is 0 Å². The van der Waals surface area contributed by atoms with Crippen molar-refractivity contribution in [1.82, 2.24) is 0 Å². The van der Waals surface area contributed by atoms with E-state index >= 15 is 0 Å². The second-order valence-electron chi connectivity index (χ2n) is 7.45. The third-order valence-electron chi connectivity index (χ3n) is 4.97. The highest BCUT2D eigenvalue weighted by molar-refractivity contribution is 7.98. The van der Waals surface area contributed by atoms with Crippen LogP contribution in [0.15, 0.2) is 52.4 Å². The quantitative estimate of drug-likeness (QED) is 0.422. The second kappa shape index (κ2) is 7.89. The topological polar surface area (TPSA) is 15.6 Å². The largest absolute Gasteiger partial charge is 0.362 e. The molecule has 1 aliphatic rings. The molecular weight excluding hydrogens is 355 g/mol. The SMILES string of the molecule is CCCN1c2cc(F)c(C=Nc3ccccc3SC)cc2C(C)=CC1(C)C. The van der Waals surface area contributed by atoms with Crippen molar-refractivity contribution in [3.05, 3.63) is 59.4 Å². The molecule has 0 aromatic heterocycles. The van der Waals surface area contributed by atoms with Gasteiger partial charge in [-0.15, -0.1) is 11.8 Å². The normalized spacial score (nSPS) is 15.8. The number of allylic oxidation sites excluding steroid dienone is 1. The number of hydrogen-bond donors (Lipinski definition) is 0. The number of hydrogen-bond acceptors (Lipinski definition) is 3. The lowest BCUT2D eigenvalue weighted by molar-refractivity contribution is 0.546. The number of anilines is 1. The van der Waals surface area contributed by atoms with Crippen LogP contribution < -0.4 is 4.90 Å². The van der Waals surface area contributed by atoms with Gasteiger partial charge in [0.1, 0.15) is 5.82 Å². The van der Waals surface area contributed by atoms with E-state index in [0.29, 0.717) is 5.56 Å². The molecule has 0 radical (unpaired) electrons. The Bertz CT molecular complexity index is 899. The Balaban J connectivity index is 2.04. The van der Waals surface area contributed by atoms with Crippen LogP contribution in [0, 0.1) is 5.82 Å².